The van der Waals surface area contributed by atoms with Gasteiger partial charge in [0.1, 0.15) is 6.54 Å². The molecule has 0 atom stereocenters. The van der Waals surface area contributed by atoms with E-state index in [0.29, 0.717) is 11.4 Å². The molecule has 1 aliphatic rings. The highest BCUT2D eigenvalue weighted by Gasteiger charge is 2.36. The molecule has 3 amide bonds. The van der Waals surface area contributed by atoms with Gasteiger partial charge in [0, 0.05) is 11.9 Å². The van der Waals surface area contributed by atoms with Gasteiger partial charge in [-0.3, -0.25) is 24.3 Å². The number of benzene rings is 1. The van der Waals surface area contributed by atoms with E-state index in [0.717, 1.165) is 22.2 Å². The van der Waals surface area contributed by atoms with Crippen molar-refractivity contribution in [2.75, 3.05) is 11.9 Å². The lowest BCUT2D eigenvalue weighted by Crippen LogP contribution is -2.36. The minimum absolute atomic E-state index is 0.257. The minimum atomic E-state index is -0.486. The van der Waals surface area contributed by atoms with Crippen molar-refractivity contribution in [3.8, 4) is 0 Å². The molecule has 0 bridgehead atoms. The second-order valence-electron chi connectivity index (χ2n) is 5.44. The van der Waals surface area contributed by atoms with Crippen molar-refractivity contribution < 1.29 is 14.4 Å². The summed E-state index contributed by atoms with van der Waals surface area (Å²) >= 11 is 0.806. The summed E-state index contributed by atoms with van der Waals surface area (Å²) in [5.41, 5.74) is 2.21. The number of nitrogens with zero attached hydrogens (tertiary/aromatic N) is 2. The van der Waals surface area contributed by atoms with Crippen molar-refractivity contribution in [1.29, 1.82) is 0 Å². The Morgan fingerprint density at radius 3 is 2.80 bits per heavy atom. The van der Waals surface area contributed by atoms with Crippen LogP contribution in [0.2, 0.25) is 0 Å². The SMILES string of the molecule is Cc1cccc(NC(=O)CN2C(=O)S/C(=C/c3ccccn3)C2=O)c1. The van der Waals surface area contributed by atoms with Crippen LogP contribution in [0.1, 0.15) is 11.3 Å². The molecule has 2 heterocycles. The van der Waals surface area contributed by atoms with Crippen LogP contribution in [0.3, 0.4) is 0 Å². The number of aryl methyl sites for hydroxylation is 1. The number of nitrogens with one attached hydrogen (secondary N) is 1. The third kappa shape index (κ3) is 4.13. The number of anilines is 1. The molecule has 1 aromatic carbocycles. The van der Waals surface area contributed by atoms with Crippen LogP contribution in [0.25, 0.3) is 6.08 Å². The number of rotatable bonds is 4. The molecule has 6 nitrogen and oxygen atoms in total. The molecule has 126 valence electrons. The van der Waals surface area contributed by atoms with Gasteiger partial charge in [0.25, 0.3) is 11.1 Å². The molecular weight excluding hydrogens is 338 g/mol. The Morgan fingerprint density at radius 2 is 2.08 bits per heavy atom. The zero-order chi connectivity index (χ0) is 17.8. The molecule has 7 heteroatoms. The molecule has 1 aromatic heterocycles. The number of aromatic nitrogens is 1. The number of pyridine rings is 1. The normalized spacial score (nSPS) is 15.7. The third-order valence-electron chi connectivity index (χ3n) is 3.44. The molecular formula is C18H15N3O3S. The van der Waals surface area contributed by atoms with E-state index in [1.54, 1.807) is 36.5 Å². The van der Waals surface area contributed by atoms with Crippen LogP contribution in [0.5, 0.6) is 0 Å². The number of imide groups is 1. The maximum absolute atomic E-state index is 12.4. The summed E-state index contributed by atoms with van der Waals surface area (Å²) in [6.45, 7) is 1.59. The van der Waals surface area contributed by atoms with Crippen LogP contribution in [0.15, 0.2) is 53.6 Å². The summed E-state index contributed by atoms with van der Waals surface area (Å²) in [6, 6.07) is 12.6. The Kier molecular flexibility index (Phi) is 4.95. The molecule has 2 aromatic rings. The van der Waals surface area contributed by atoms with Gasteiger partial charge in [-0.15, -0.1) is 0 Å². The first-order valence-electron chi connectivity index (χ1n) is 7.56. The van der Waals surface area contributed by atoms with E-state index in [9.17, 15) is 14.4 Å². The summed E-state index contributed by atoms with van der Waals surface area (Å²) in [7, 11) is 0. The Morgan fingerprint density at radius 1 is 1.24 bits per heavy atom. The Hall–Kier alpha value is -2.93. The van der Waals surface area contributed by atoms with E-state index < -0.39 is 17.1 Å². The molecule has 3 rings (SSSR count). The number of thioether (sulfide) groups is 1. The van der Waals surface area contributed by atoms with Crippen molar-refractivity contribution in [2.45, 2.75) is 6.92 Å². The van der Waals surface area contributed by atoms with Gasteiger partial charge in [0.05, 0.1) is 10.6 Å². The van der Waals surface area contributed by atoms with E-state index in [4.69, 9.17) is 0 Å². The van der Waals surface area contributed by atoms with Crippen molar-refractivity contribution in [2.24, 2.45) is 0 Å². The van der Waals surface area contributed by atoms with Crippen LogP contribution in [0, 0.1) is 6.92 Å². The average molecular weight is 353 g/mol. The quantitative estimate of drug-likeness (QED) is 0.855. The van der Waals surface area contributed by atoms with Gasteiger partial charge in [-0.05, 0) is 54.6 Å². The van der Waals surface area contributed by atoms with Gasteiger partial charge in [0.2, 0.25) is 5.91 Å². The fourth-order valence-electron chi connectivity index (χ4n) is 2.30. The van der Waals surface area contributed by atoms with Crippen LogP contribution >= 0.6 is 11.8 Å². The summed E-state index contributed by atoms with van der Waals surface area (Å²) in [5, 5.41) is 2.22. The second kappa shape index (κ2) is 7.31. The monoisotopic (exact) mass is 353 g/mol. The predicted molar refractivity (Wildman–Crippen MR) is 96.7 cm³/mol. The molecule has 0 unspecified atom stereocenters. The molecule has 1 fully saturated rings. The van der Waals surface area contributed by atoms with Crippen LogP contribution in [-0.2, 0) is 9.59 Å². The third-order valence-corrected chi connectivity index (χ3v) is 4.35. The molecule has 1 saturated heterocycles. The minimum Gasteiger partial charge on any atom is -0.325 e. The van der Waals surface area contributed by atoms with Crippen LogP contribution in [-0.4, -0.2) is 33.5 Å². The molecule has 0 spiro atoms. The number of carbonyl (C=O) groups excluding carboxylic acids is 3. The van der Waals surface area contributed by atoms with Crippen LogP contribution < -0.4 is 5.32 Å². The standard InChI is InChI=1S/C18H15N3O3S/c1-12-5-4-7-14(9-12)20-16(22)11-21-17(23)15(25-18(21)24)10-13-6-2-3-8-19-13/h2-10H,11H2,1H3,(H,20,22)/b15-10+. The number of amides is 3. The van der Waals surface area contributed by atoms with E-state index in [2.05, 4.69) is 10.3 Å². The van der Waals surface area contributed by atoms with Crippen molar-refractivity contribution in [3.05, 3.63) is 64.8 Å². The maximum Gasteiger partial charge on any atom is 0.294 e. The molecule has 0 saturated carbocycles. The summed E-state index contributed by atoms with van der Waals surface area (Å²) in [4.78, 5) is 41.9. The first kappa shape index (κ1) is 16.9. The summed E-state index contributed by atoms with van der Waals surface area (Å²) in [6.07, 6.45) is 3.15. The Labute approximate surface area is 148 Å². The highest BCUT2D eigenvalue weighted by molar-refractivity contribution is 8.18. The molecule has 0 radical (unpaired) electrons. The predicted octanol–water partition coefficient (Wildman–Crippen LogP) is 3.07. The van der Waals surface area contributed by atoms with E-state index in [1.807, 2.05) is 25.1 Å². The van der Waals surface area contributed by atoms with Gasteiger partial charge in [0.15, 0.2) is 0 Å². The number of hydrogen-bond acceptors (Lipinski definition) is 5. The van der Waals surface area contributed by atoms with Gasteiger partial charge in [-0.2, -0.15) is 0 Å². The first-order chi connectivity index (χ1) is 12.0. The van der Waals surface area contributed by atoms with Crippen LogP contribution in [0.4, 0.5) is 10.5 Å². The van der Waals surface area contributed by atoms with E-state index in [1.165, 1.54) is 0 Å². The summed E-state index contributed by atoms with van der Waals surface area (Å²) in [5.74, 6) is -0.910. The molecule has 0 aliphatic carbocycles. The zero-order valence-corrected chi connectivity index (χ0v) is 14.2. The van der Waals surface area contributed by atoms with Gasteiger partial charge < -0.3 is 5.32 Å². The molecule has 25 heavy (non-hydrogen) atoms. The zero-order valence-electron chi connectivity index (χ0n) is 13.4. The van der Waals surface area contributed by atoms with Crippen molar-refractivity contribution in [3.63, 3.8) is 0 Å². The van der Waals surface area contributed by atoms with Crippen molar-refractivity contribution >= 4 is 40.6 Å². The lowest BCUT2D eigenvalue weighted by atomic mass is 10.2. The lowest BCUT2D eigenvalue weighted by Gasteiger charge is -2.12. The smallest absolute Gasteiger partial charge is 0.294 e. The fraction of sp³-hybridized carbons (Fsp3) is 0.111. The number of carbonyl (C=O) groups is 3. The van der Waals surface area contributed by atoms with Gasteiger partial charge in [-0.1, -0.05) is 18.2 Å². The largest absolute Gasteiger partial charge is 0.325 e. The van der Waals surface area contributed by atoms with Gasteiger partial charge in [-0.25, -0.2) is 0 Å². The number of hydrogen-bond donors (Lipinski definition) is 1. The average Bonchev–Trinajstić information content (AvgIpc) is 2.83. The highest BCUT2D eigenvalue weighted by atomic mass is 32.2. The first-order valence-corrected chi connectivity index (χ1v) is 8.37. The highest BCUT2D eigenvalue weighted by Crippen LogP contribution is 2.31. The Bertz CT molecular complexity index is 865. The van der Waals surface area contributed by atoms with E-state index >= 15 is 0 Å². The molecule has 1 aliphatic heterocycles. The Balaban J connectivity index is 1.68. The topological polar surface area (TPSA) is 79.4 Å². The molecule has 1 N–H and O–H groups in total. The fourth-order valence-corrected chi connectivity index (χ4v) is 3.12. The van der Waals surface area contributed by atoms with E-state index in [-0.39, 0.29) is 11.4 Å². The van der Waals surface area contributed by atoms with Gasteiger partial charge >= 0.3 is 0 Å². The second-order valence-corrected chi connectivity index (χ2v) is 6.43. The summed E-state index contributed by atoms with van der Waals surface area (Å²) < 4.78 is 0. The lowest BCUT2D eigenvalue weighted by molar-refractivity contribution is -0.127. The maximum atomic E-state index is 12.4. The van der Waals surface area contributed by atoms with Crippen molar-refractivity contribution in [1.82, 2.24) is 9.88 Å².